The van der Waals surface area contributed by atoms with Crippen molar-refractivity contribution in [1.82, 2.24) is 4.90 Å². The van der Waals surface area contributed by atoms with E-state index in [1.54, 1.807) is 9.80 Å². The second-order valence-electron chi connectivity index (χ2n) is 6.97. The Morgan fingerprint density at radius 1 is 1.21 bits per heavy atom. The molecule has 1 aliphatic heterocycles. The van der Waals surface area contributed by atoms with Crippen molar-refractivity contribution in [3.05, 3.63) is 29.8 Å². The summed E-state index contributed by atoms with van der Waals surface area (Å²) >= 11 is 0. The van der Waals surface area contributed by atoms with Crippen LogP contribution < -0.4 is 4.90 Å². The lowest BCUT2D eigenvalue weighted by Gasteiger charge is -2.36. The van der Waals surface area contributed by atoms with Crippen LogP contribution in [0.3, 0.4) is 0 Å². The molecule has 24 heavy (non-hydrogen) atoms. The highest BCUT2D eigenvalue weighted by Gasteiger charge is 2.30. The molecule has 5 heteroatoms. The molecule has 0 unspecified atom stereocenters. The number of carbonyl (C=O) groups excluding carboxylic acids is 2. The summed E-state index contributed by atoms with van der Waals surface area (Å²) in [6.07, 6.45) is 5.00. The fourth-order valence-corrected chi connectivity index (χ4v) is 3.83. The highest BCUT2D eigenvalue weighted by Crippen LogP contribution is 2.29. The number of rotatable bonds is 4. The Kier molecular flexibility index (Phi) is 5.19. The third kappa shape index (κ3) is 3.46. The Morgan fingerprint density at radius 2 is 1.92 bits per heavy atom. The Morgan fingerprint density at radius 3 is 2.62 bits per heavy atom. The van der Waals surface area contributed by atoms with E-state index in [4.69, 9.17) is 0 Å². The standard InChI is InChI=1S/C19H26N2O3/c1-20(16-9-6-14(13-22)7-10-16)19(24)12-21-17-5-3-2-4-15(17)8-11-18(21)23/h2-5,14,16,22H,6-13H2,1H3. The molecular weight excluding hydrogens is 304 g/mol. The first-order valence-corrected chi connectivity index (χ1v) is 8.85. The van der Waals surface area contributed by atoms with Gasteiger partial charge in [-0.25, -0.2) is 0 Å². The van der Waals surface area contributed by atoms with Gasteiger partial charge in [0.2, 0.25) is 11.8 Å². The van der Waals surface area contributed by atoms with Gasteiger partial charge in [-0.15, -0.1) is 0 Å². The fraction of sp³-hybridized carbons (Fsp3) is 0.579. The number of anilines is 1. The molecule has 2 aliphatic rings. The van der Waals surface area contributed by atoms with Gasteiger partial charge in [-0.1, -0.05) is 18.2 Å². The van der Waals surface area contributed by atoms with Gasteiger partial charge in [0.1, 0.15) is 6.54 Å². The average Bonchev–Trinajstić information content (AvgIpc) is 2.63. The second kappa shape index (κ2) is 7.34. The van der Waals surface area contributed by atoms with E-state index in [0.29, 0.717) is 12.3 Å². The van der Waals surface area contributed by atoms with Gasteiger partial charge in [-0.2, -0.15) is 0 Å². The minimum atomic E-state index is -0.00694. The van der Waals surface area contributed by atoms with Crippen LogP contribution in [0.1, 0.15) is 37.7 Å². The van der Waals surface area contributed by atoms with Crippen LogP contribution in [-0.2, 0) is 16.0 Å². The van der Waals surface area contributed by atoms with Gasteiger partial charge in [0, 0.05) is 31.8 Å². The molecule has 0 radical (unpaired) electrons. The smallest absolute Gasteiger partial charge is 0.242 e. The lowest BCUT2D eigenvalue weighted by Crippen LogP contribution is -2.47. The maximum absolute atomic E-state index is 12.7. The number of aliphatic hydroxyl groups excluding tert-OH is 1. The molecule has 0 saturated heterocycles. The third-order valence-electron chi connectivity index (χ3n) is 5.50. The molecule has 1 aliphatic carbocycles. The van der Waals surface area contributed by atoms with E-state index < -0.39 is 0 Å². The van der Waals surface area contributed by atoms with Gasteiger partial charge in [0.25, 0.3) is 0 Å². The number of amides is 2. The van der Waals surface area contributed by atoms with Gasteiger partial charge in [-0.05, 0) is 49.7 Å². The summed E-state index contributed by atoms with van der Waals surface area (Å²) in [5.41, 5.74) is 2.01. The molecule has 0 spiro atoms. The van der Waals surface area contributed by atoms with Crippen molar-refractivity contribution in [3.63, 3.8) is 0 Å². The van der Waals surface area contributed by atoms with Crippen molar-refractivity contribution in [2.24, 2.45) is 5.92 Å². The zero-order chi connectivity index (χ0) is 17.1. The largest absolute Gasteiger partial charge is 0.396 e. The number of carbonyl (C=O) groups is 2. The number of aliphatic hydroxyl groups is 1. The van der Waals surface area contributed by atoms with Gasteiger partial charge < -0.3 is 14.9 Å². The normalized spacial score (nSPS) is 23.8. The zero-order valence-electron chi connectivity index (χ0n) is 14.3. The second-order valence-corrected chi connectivity index (χ2v) is 6.97. The SMILES string of the molecule is CN(C(=O)CN1C(=O)CCc2ccccc21)C1CCC(CO)CC1. The third-order valence-corrected chi connectivity index (χ3v) is 5.50. The van der Waals surface area contributed by atoms with E-state index in [9.17, 15) is 14.7 Å². The monoisotopic (exact) mass is 330 g/mol. The van der Waals surface area contributed by atoms with Crippen molar-refractivity contribution in [1.29, 1.82) is 0 Å². The van der Waals surface area contributed by atoms with Crippen LogP contribution in [0, 0.1) is 5.92 Å². The van der Waals surface area contributed by atoms with Crippen molar-refractivity contribution in [2.75, 3.05) is 25.1 Å². The zero-order valence-corrected chi connectivity index (χ0v) is 14.3. The summed E-state index contributed by atoms with van der Waals surface area (Å²) in [5, 5.41) is 9.24. The lowest BCUT2D eigenvalue weighted by atomic mass is 9.86. The molecular formula is C19H26N2O3. The van der Waals surface area contributed by atoms with Gasteiger partial charge >= 0.3 is 0 Å². The highest BCUT2D eigenvalue weighted by molar-refractivity contribution is 6.01. The molecule has 1 aromatic carbocycles. The maximum Gasteiger partial charge on any atom is 0.242 e. The van der Waals surface area contributed by atoms with E-state index in [2.05, 4.69) is 0 Å². The molecule has 1 heterocycles. The van der Waals surface area contributed by atoms with Gasteiger partial charge in [0.15, 0.2) is 0 Å². The number of hydrogen-bond donors (Lipinski definition) is 1. The van der Waals surface area contributed by atoms with E-state index >= 15 is 0 Å². The summed E-state index contributed by atoms with van der Waals surface area (Å²) in [6, 6.07) is 8.05. The first-order chi connectivity index (χ1) is 11.6. The molecule has 1 aromatic rings. The number of para-hydroxylation sites is 1. The highest BCUT2D eigenvalue weighted by atomic mass is 16.3. The predicted octanol–water partition coefficient (Wildman–Crippen LogP) is 1.98. The Labute approximate surface area is 143 Å². The molecule has 2 amide bonds. The van der Waals surface area contributed by atoms with Crippen molar-refractivity contribution >= 4 is 17.5 Å². The maximum atomic E-state index is 12.7. The van der Waals surface area contributed by atoms with E-state index in [1.807, 2.05) is 31.3 Å². The quantitative estimate of drug-likeness (QED) is 0.918. The van der Waals surface area contributed by atoms with Crippen molar-refractivity contribution in [2.45, 2.75) is 44.6 Å². The summed E-state index contributed by atoms with van der Waals surface area (Å²) in [5.74, 6) is 0.396. The number of aryl methyl sites for hydroxylation is 1. The van der Waals surface area contributed by atoms with Crippen LogP contribution in [0.25, 0.3) is 0 Å². The Bertz CT molecular complexity index is 608. The van der Waals surface area contributed by atoms with Gasteiger partial charge in [0.05, 0.1) is 0 Å². The number of fused-ring (bicyclic) bond motifs is 1. The van der Waals surface area contributed by atoms with Crippen LogP contribution in [0.2, 0.25) is 0 Å². The molecule has 1 N–H and O–H groups in total. The van der Waals surface area contributed by atoms with Crippen LogP contribution in [0.15, 0.2) is 24.3 Å². The number of hydrogen-bond acceptors (Lipinski definition) is 3. The summed E-state index contributed by atoms with van der Waals surface area (Å²) < 4.78 is 0. The number of benzene rings is 1. The molecule has 0 aromatic heterocycles. The molecule has 0 atom stereocenters. The van der Waals surface area contributed by atoms with Crippen LogP contribution in [0.4, 0.5) is 5.69 Å². The molecule has 1 saturated carbocycles. The van der Waals surface area contributed by atoms with Crippen molar-refractivity contribution < 1.29 is 14.7 Å². The summed E-state index contributed by atoms with van der Waals surface area (Å²) in [4.78, 5) is 28.4. The minimum Gasteiger partial charge on any atom is -0.396 e. The Hall–Kier alpha value is -1.88. The van der Waals surface area contributed by atoms with E-state index in [1.165, 1.54) is 0 Å². The lowest BCUT2D eigenvalue weighted by molar-refractivity contribution is -0.133. The molecule has 3 rings (SSSR count). The molecule has 130 valence electrons. The molecule has 1 fully saturated rings. The minimum absolute atomic E-state index is 0.00694. The number of likely N-dealkylation sites (N-methyl/N-ethyl adjacent to an activating group) is 1. The topological polar surface area (TPSA) is 60.9 Å². The average molecular weight is 330 g/mol. The Balaban J connectivity index is 1.65. The predicted molar refractivity (Wildman–Crippen MR) is 92.7 cm³/mol. The van der Waals surface area contributed by atoms with E-state index in [0.717, 1.165) is 43.4 Å². The van der Waals surface area contributed by atoms with Crippen molar-refractivity contribution in [3.8, 4) is 0 Å². The summed E-state index contributed by atoms with van der Waals surface area (Å²) in [6.45, 7) is 0.357. The molecule has 0 bridgehead atoms. The summed E-state index contributed by atoms with van der Waals surface area (Å²) in [7, 11) is 1.84. The first-order valence-electron chi connectivity index (χ1n) is 8.85. The van der Waals surface area contributed by atoms with Crippen LogP contribution >= 0.6 is 0 Å². The molecule has 5 nitrogen and oxygen atoms in total. The first kappa shape index (κ1) is 17.0. The number of nitrogens with zero attached hydrogens (tertiary/aromatic N) is 2. The van der Waals surface area contributed by atoms with Crippen LogP contribution in [-0.4, -0.2) is 48.1 Å². The van der Waals surface area contributed by atoms with Gasteiger partial charge in [-0.3, -0.25) is 9.59 Å². The van der Waals surface area contributed by atoms with Crippen LogP contribution in [0.5, 0.6) is 0 Å². The van der Waals surface area contributed by atoms with E-state index in [-0.39, 0.29) is 31.0 Å². The fourth-order valence-electron chi connectivity index (χ4n) is 3.83.